The molecule has 33 heavy (non-hydrogen) atoms. The number of hydrogen-bond donors (Lipinski definition) is 3. The van der Waals surface area contributed by atoms with Crippen LogP contribution in [0.3, 0.4) is 0 Å². The van der Waals surface area contributed by atoms with Crippen LogP contribution in [0.25, 0.3) is 0 Å². The summed E-state index contributed by atoms with van der Waals surface area (Å²) in [6, 6.07) is 6.15. The summed E-state index contributed by atoms with van der Waals surface area (Å²) >= 11 is 0. The molecule has 2 aromatic rings. The van der Waals surface area contributed by atoms with Gasteiger partial charge in [0, 0.05) is 6.54 Å². The van der Waals surface area contributed by atoms with Crippen molar-refractivity contribution in [2.24, 2.45) is 0 Å². The summed E-state index contributed by atoms with van der Waals surface area (Å²) < 4.78 is 16.2. The maximum Gasteiger partial charge on any atom is 0.325 e. The second-order valence-electron chi connectivity index (χ2n) is 10.2. The smallest absolute Gasteiger partial charge is 0.325 e. The van der Waals surface area contributed by atoms with Gasteiger partial charge < -0.3 is 24.4 Å². The van der Waals surface area contributed by atoms with Crippen LogP contribution in [0.5, 0.6) is 23.0 Å². The van der Waals surface area contributed by atoms with E-state index < -0.39 is 12.0 Å². The van der Waals surface area contributed by atoms with Crippen LogP contribution >= 0.6 is 0 Å². The van der Waals surface area contributed by atoms with Gasteiger partial charge in [0.2, 0.25) is 5.75 Å². The quantitative estimate of drug-likeness (QED) is 0.515. The molecule has 0 aliphatic rings. The lowest BCUT2D eigenvalue weighted by Gasteiger charge is -2.29. The van der Waals surface area contributed by atoms with Crippen LogP contribution in [-0.2, 0) is 22.2 Å². The Hall–Kier alpha value is -2.93. The topological polar surface area (TPSA) is 97.3 Å². The van der Waals surface area contributed by atoms with Gasteiger partial charge in [0.05, 0.1) is 21.3 Å². The van der Waals surface area contributed by atoms with Crippen LogP contribution in [0.2, 0.25) is 0 Å². The van der Waals surface area contributed by atoms with Crippen molar-refractivity contribution in [3.05, 3.63) is 46.5 Å². The minimum Gasteiger partial charge on any atom is -0.507 e. The van der Waals surface area contributed by atoms with Crippen molar-refractivity contribution in [1.29, 1.82) is 0 Å². The number of ether oxygens (including phenoxy) is 3. The van der Waals surface area contributed by atoms with Crippen LogP contribution in [0, 0.1) is 0 Å². The Morgan fingerprint density at radius 3 is 1.67 bits per heavy atom. The number of carboxylic acids is 1. The Labute approximate surface area is 196 Å². The number of rotatable bonds is 8. The molecule has 0 aromatic heterocycles. The van der Waals surface area contributed by atoms with Gasteiger partial charge in [-0.25, -0.2) is 0 Å². The van der Waals surface area contributed by atoms with E-state index in [-0.39, 0.29) is 23.1 Å². The highest BCUT2D eigenvalue weighted by molar-refractivity contribution is 5.76. The van der Waals surface area contributed by atoms with Gasteiger partial charge in [0.15, 0.2) is 11.5 Å². The minimum absolute atomic E-state index is 0.215. The Morgan fingerprint density at radius 2 is 1.33 bits per heavy atom. The lowest BCUT2D eigenvalue weighted by Crippen LogP contribution is -2.29. The minimum atomic E-state index is -1.01. The van der Waals surface area contributed by atoms with Crippen LogP contribution < -0.4 is 19.5 Å². The van der Waals surface area contributed by atoms with E-state index in [2.05, 4.69) is 5.32 Å². The summed E-state index contributed by atoms with van der Waals surface area (Å²) in [6.45, 7) is 12.2. The first-order valence-corrected chi connectivity index (χ1v) is 10.9. The highest BCUT2D eigenvalue weighted by Gasteiger charge is 2.30. The fourth-order valence-electron chi connectivity index (χ4n) is 3.77. The zero-order valence-electron chi connectivity index (χ0n) is 21.1. The van der Waals surface area contributed by atoms with Gasteiger partial charge >= 0.3 is 5.97 Å². The molecule has 0 heterocycles. The number of carboxylic acid groups (broad SMARTS) is 1. The normalized spacial score (nSPS) is 12.9. The van der Waals surface area contributed by atoms with Gasteiger partial charge in [-0.1, -0.05) is 41.5 Å². The molecule has 0 amide bonds. The Kier molecular flexibility index (Phi) is 7.91. The van der Waals surface area contributed by atoms with Crippen LogP contribution in [-0.4, -0.2) is 37.5 Å². The molecule has 7 heteroatoms. The number of methoxy groups -OCH3 is 3. The summed E-state index contributed by atoms with van der Waals surface area (Å²) in [5, 5.41) is 24.2. The third kappa shape index (κ3) is 5.90. The number of hydrogen-bond acceptors (Lipinski definition) is 6. The zero-order chi connectivity index (χ0) is 25.1. The van der Waals surface area contributed by atoms with E-state index >= 15 is 0 Å². The SMILES string of the molecule is COc1cc(CNC(C(=O)O)c2cc(C(C)(C)C)c(O)c(C(C)(C)C)c2)cc(OC)c1OC. The molecule has 0 saturated carbocycles. The molecule has 0 saturated heterocycles. The van der Waals surface area contributed by atoms with Gasteiger partial charge in [0.1, 0.15) is 11.8 Å². The van der Waals surface area contributed by atoms with Crippen molar-refractivity contribution in [3.8, 4) is 23.0 Å². The van der Waals surface area contributed by atoms with Crippen molar-refractivity contribution in [2.45, 2.75) is 65.0 Å². The Balaban J connectivity index is 2.51. The summed E-state index contributed by atoms with van der Waals surface area (Å²) in [6.07, 6.45) is 0. The molecule has 2 rings (SSSR count). The molecule has 1 unspecified atom stereocenters. The highest BCUT2D eigenvalue weighted by Crippen LogP contribution is 2.41. The average Bonchev–Trinajstić information content (AvgIpc) is 2.71. The second-order valence-corrected chi connectivity index (χ2v) is 10.2. The molecule has 1 atom stereocenters. The standard InChI is InChI=1S/C26H37NO6/c1-25(2,3)17-12-16(13-18(22(17)28)26(4,5)6)21(24(29)30)27-14-15-10-19(31-7)23(33-9)20(11-15)32-8/h10-13,21,27-28H,14H2,1-9H3,(H,29,30). The first kappa shape index (κ1) is 26.3. The van der Waals surface area contributed by atoms with Crippen molar-refractivity contribution < 1.29 is 29.2 Å². The second kappa shape index (κ2) is 9.91. The van der Waals surface area contributed by atoms with Gasteiger partial charge in [-0.05, 0) is 57.3 Å². The predicted molar refractivity (Wildman–Crippen MR) is 129 cm³/mol. The Bertz CT molecular complexity index is 941. The van der Waals surface area contributed by atoms with E-state index in [1.807, 2.05) is 41.5 Å². The number of phenols is 1. The highest BCUT2D eigenvalue weighted by atomic mass is 16.5. The van der Waals surface area contributed by atoms with Gasteiger partial charge in [-0.3, -0.25) is 10.1 Å². The zero-order valence-corrected chi connectivity index (χ0v) is 21.1. The van der Waals surface area contributed by atoms with Crippen molar-refractivity contribution in [3.63, 3.8) is 0 Å². The average molecular weight is 460 g/mol. The molecule has 2 aromatic carbocycles. The van der Waals surface area contributed by atoms with Crippen LogP contribution in [0.15, 0.2) is 24.3 Å². The number of benzene rings is 2. The monoisotopic (exact) mass is 459 g/mol. The lowest BCUT2D eigenvalue weighted by atomic mass is 9.77. The Morgan fingerprint density at radius 1 is 0.879 bits per heavy atom. The maximum absolute atomic E-state index is 12.3. The van der Waals surface area contributed by atoms with E-state index in [1.54, 1.807) is 24.3 Å². The van der Waals surface area contributed by atoms with Crippen molar-refractivity contribution >= 4 is 5.97 Å². The van der Waals surface area contributed by atoms with E-state index in [9.17, 15) is 15.0 Å². The molecule has 7 nitrogen and oxygen atoms in total. The molecule has 0 radical (unpaired) electrons. The molecule has 0 fully saturated rings. The summed E-state index contributed by atoms with van der Waals surface area (Å²) in [5.41, 5.74) is 2.07. The van der Waals surface area contributed by atoms with Gasteiger partial charge in [0.25, 0.3) is 0 Å². The third-order valence-electron chi connectivity index (χ3n) is 5.56. The van der Waals surface area contributed by atoms with Crippen LogP contribution in [0.4, 0.5) is 0 Å². The number of aliphatic carboxylic acids is 1. The van der Waals surface area contributed by atoms with Crippen molar-refractivity contribution in [1.82, 2.24) is 5.32 Å². The molecule has 0 spiro atoms. The molecule has 0 aliphatic carbocycles. The fraction of sp³-hybridized carbons (Fsp3) is 0.500. The van der Waals surface area contributed by atoms with Crippen LogP contribution in [0.1, 0.15) is 69.8 Å². The molecular formula is C26H37NO6. The van der Waals surface area contributed by atoms with E-state index in [4.69, 9.17) is 14.2 Å². The molecule has 0 bridgehead atoms. The maximum atomic E-state index is 12.3. The number of nitrogens with one attached hydrogen (secondary N) is 1. The summed E-state index contributed by atoms with van der Waals surface area (Å²) in [5.74, 6) is 0.674. The third-order valence-corrected chi connectivity index (χ3v) is 5.56. The van der Waals surface area contributed by atoms with E-state index in [0.29, 0.717) is 33.9 Å². The van der Waals surface area contributed by atoms with Gasteiger partial charge in [-0.2, -0.15) is 0 Å². The molecule has 3 N–H and O–H groups in total. The largest absolute Gasteiger partial charge is 0.507 e. The number of carbonyl (C=O) groups is 1. The van der Waals surface area contributed by atoms with Crippen molar-refractivity contribution in [2.75, 3.05) is 21.3 Å². The summed E-state index contributed by atoms with van der Waals surface area (Å²) in [7, 11) is 4.60. The molecule has 0 aliphatic heterocycles. The first-order chi connectivity index (χ1) is 15.2. The molecular weight excluding hydrogens is 422 g/mol. The number of phenolic OH excluding ortho intramolecular Hbond substituents is 1. The lowest BCUT2D eigenvalue weighted by molar-refractivity contribution is -0.139. The summed E-state index contributed by atoms with van der Waals surface area (Å²) in [4.78, 5) is 12.3. The van der Waals surface area contributed by atoms with E-state index in [0.717, 1.165) is 5.56 Å². The first-order valence-electron chi connectivity index (χ1n) is 10.9. The molecule has 182 valence electrons. The van der Waals surface area contributed by atoms with Gasteiger partial charge in [-0.15, -0.1) is 0 Å². The fourth-order valence-corrected chi connectivity index (χ4v) is 3.77. The van der Waals surface area contributed by atoms with E-state index in [1.165, 1.54) is 21.3 Å². The number of aromatic hydroxyl groups is 1. The predicted octanol–water partition coefficient (Wildman–Crippen LogP) is 4.93.